The number of carbonyl (C=O) groups excluding carboxylic acids is 2. The molecule has 2 atom stereocenters. The summed E-state index contributed by atoms with van der Waals surface area (Å²) in [6, 6.07) is 13.5. The van der Waals surface area contributed by atoms with E-state index in [2.05, 4.69) is 0 Å². The van der Waals surface area contributed by atoms with Gasteiger partial charge in [-0.1, -0.05) is 24.3 Å². The molecule has 0 N–H and O–H groups in total. The molecule has 1 heterocycles. The molecule has 2 unspecified atom stereocenters. The lowest BCUT2D eigenvalue weighted by atomic mass is 10.0. The Morgan fingerprint density at radius 3 is 2.52 bits per heavy atom. The maximum atomic E-state index is 14.0. The molecule has 0 aliphatic carbocycles. The highest BCUT2D eigenvalue weighted by Gasteiger charge is 2.38. The van der Waals surface area contributed by atoms with Crippen molar-refractivity contribution in [1.29, 1.82) is 0 Å². The molecule has 142 valence electrons. The molecule has 3 rings (SSSR count). The summed E-state index contributed by atoms with van der Waals surface area (Å²) < 4.78 is 19.2. The third kappa shape index (κ3) is 3.79. The van der Waals surface area contributed by atoms with Crippen molar-refractivity contribution in [3.8, 4) is 5.75 Å². The molecular weight excluding hydrogens is 347 g/mol. The number of amides is 2. The molecule has 0 radical (unpaired) electrons. The predicted molar refractivity (Wildman–Crippen MR) is 101 cm³/mol. The normalized spacial score (nSPS) is 17.7. The summed E-state index contributed by atoms with van der Waals surface area (Å²) in [5.41, 5.74) is 1.20. The van der Waals surface area contributed by atoms with E-state index in [1.165, 1.54) is 11.0 Å². The molecule has 1 aliphatic rings. The second kappa shape index (κ2) is 7.78. The van der Waals surface area contributed by atoms with Crippen LogP contribution in [0.1, 0.15) is 24.9 Å². The first-order chi connectivity index (χ1) is 12.9. The summed E-state index contributed by atoms with van der Waals surface area (Å²) in [6.45, 7) is 2.13. The molecule has 1 fully saturated rings. The summed E-state index contributed by atoms with van der Waals surface area (Å²) in [5, 5.41) is 0. The standard InChI is InChI=1S/C21H23FN2O3/c1-14(15-8-10-17(27-3)11-9-15)23(2)21(26)16-12-20(25)24(13-16)19-7-5-4-6-18(19)22/h4-11,14,16H,12-13H2,1-3H3. The average molecular weight is 370 g/mol. The van der Waals surface area contributed by atoms with Gasteiger partial charge in [0.15, 0.2) is 0 Å². The van der Waals surface area contributed by atoms with E-state index in [-0.39, 0.29) is 36.5 Å². The first kappa shape index (κ1) is 18.9. The number of hydrogen-bond donors (Lipinski definition) is 0. The van der Waals surface area contributed by atoms with Crippen LogP contribution in [0.2, 0.25) is 0 Å². The van der Waals surface area contributed by atoms with Crippen LogP contribution < -0.4 is 9.64 Å². The first-order valence-electron chi connectivity index (χ1n) is 8.88. The Labute approximate surface area is 158 Å². The smallest absolute Gasteiger partial charge is 0.228 e. The van der Waals surface area contributed by atoms with Gasteiger partial charge in [0.1, 0.15) is 11.6 Å². The van der Waals surface area contributed by atoms with Gasteiger partial charge >= 0.3 is 0 Å². The van der Waals surface area contributed by atoms with Crippen LogP contribution in [0.4, 0.5) is 10.1 Å². The zero-order valence-electron chi connectivity index (χ0n) is 15.7. The number of benzene rings is 2. The third-order valence-corrected chi connectivity index (χ3v) is 5.14. The molecule has 2 aromatic carbocycles. The van der Waals surface area contributed by atoms with E-state index < -0.39 is 11.7 Å². The van der Waals surface area contributed by atoms with Crippen molar-refractivity contribution in [1.82, 2.24) is 4.90 Å². The molecule has 0 saturated carbocycles. The maximum absolute atomic E-state index is 14.0. The van der Waals surface area contributed by atoms with Crippen molar-refractivity contribution in [3.05, 3.63) is 59.9 Å². The van der Waals surface area contributed by atoms with Gasteiger partial charge in [0.05, 0.1) is 24.8 Å². The van der Waals surface area contributed by atoms with E-state index in [9.17, 15) is 14.0 Å². The SMILES string of the molecule is COc1ccc(C(C)N(C)C(=O)C2CC(=O)N(c3ccccc3F)C2)cc1. The monoisotopic (exact) mass is 370 g/mol. The van der Waals surface area contributed by atoms with Crippen LogP contribution in [0.15, 0.2) is 48.5 Å². The van der Waals surface area contributed by atoms with Crippen molar-refractivity contribution >= 4 is 17.5 Å². The summed E-state index contributed by atoms with van der Waals surface area (Å²) in [4.78, 5) is 28.3. The Balaban J connectivity index is 1.71. The summed E-state index contributed by atoms with van der Waals surface area (Å²) >= 11 is 0. The zero-order valence-corrected chi connectivity index (χ0v) is 15.7. The van der Waals surface area contributed by atoms with Crippen LogP contribution in [0.25, 0.3) is 0 Å². The van der Waals surface area contributed by atoms with Gasteiger partial charge in [-0.05, 0) is 36.8 Å². The number of hydrogen-bond acceptors (Lipinski definition) is 3. The Morgan fingerprint density at radius 2 is 1.89 bits per heavy atom. The predicted octanol–water partition coefficient (Wildman–Crippen LogP) is 3.41. The summed E-state index contributed by atoms with van der Waals surface area (Å²) in [5.74, 6) is -0.544. The fraction of sp³-hybridized carbons (Fsp3) is 0.333. The molecule has 0 aromatic heterocycles. The highest BCUT2D eigenvalue weighted by atomic mass is 19.1. The number of nitrogens with zero attached hydrogens (tertiary/aromatic N) is 2. The van der Waals surface area contributed by atoms with E-state index in [1.807, 2.05) is 31.2 Å². The quantitative estimate of drug-likeness (QED) is 0.810. The molecule has 2 amide bonds. The van der Waals surface area contributed by atoms with Crippen LogP contribution in [0, 0.1) is 11.7 Å². The minimum Gasteiger partial charge on any atom is -0.497 e. The molecule has 5 nitrogen and oxygen atoms in total. The number of methoxy groups -OCH3 is 1. The first-order valence-corrected chi connectivity index (χ1v) is 8.88. The van der Waals surface area contributed by atoms with Crippen LogP contribution in [0.5, 0.6) is 5.75 Å². The van der Waals surface area contributed by atoms with Crippen molar-refractivity contribution in [2.24, 2.45) is 5.92 Å². The van der Waals surface area contributed by atoms with Crippen molar-refractivity contribution in [3.63, 3.8) is 0 Å². The number of carbonyl (C=O) groups is 2. The minimum absolute atomic E-state index is 0.0901. The highest BCUT2D eigenvalue weighted by molar-refractivity contribution is 6.00. The Bertz CT molecular complexity index is 838. The third-order valence-electron chi connectivity index (χ3n) is 5.14. The van der Waals surface area contributed by atoms with E-state index in [0.717, 1.165) is 11.3 Å². The van der Waals surface area contributed by atoms with Crippen molar-refractivity contribution < 1.29 is 18.7 Å². The van der Waals surface area contributed by atoms with Crippen molar-refractivity contribution in [2.45, 2.75) is 19.4 Å². The molecule has 1 aliphatic heterocycles. The van der Waals surface area contributed by atoms with Gasteiger partial charge in [0.25, 0.3) is 0 Å². The number of rotatable bonds is 5. The van der Waals surface area contributed by atoms with Crippen LogP contribution in [-0.4, -0.2) is 37.4 Å². The second-order valence-electron chi connectivity index (χ2n) is 6.76. The van der Waals surface area contributed by atoms with Gasteiger partial charge < -0.3 is 14.5 Å². The molecule has 27 heavy (non-hydrogen) atoms. The molecule has 1 saturated heterocycles. The van der Waals surface area contributed by atoms with Crippen LogP contribution in [-0.2, 0) is 9.59 Å². The fourth-order valence-corrected chi connectivity index (χ4v) is 3.36. The van der Waals surface area contributed by atoms with Gasteiger partial charge in [-0.3, -0.25) is 9.59 Å². The van der Waals surface area contributed by atoms with Gasteiger partial charge in [-0.2, -0.15) is 0 Å². The molecule has 0 bridgehead atoms. The lowest BCUT2D eigenvalue weighted by Crippen LogP contribution is -2.36. The van der Waals surface area contributed by atoms with E-state index in [1.54, 1.807) is 37.3 Å². The highest BCUT2D eigenvalue weighted by Crippen LogP contribution is 2.30. The largest absolute Gasteiger partial charge is 0.497 e. The Kier molecular flexibility index (Phi) is 5.44. The Morgan fingerprint density at radius 1 is 1.22 bits per heavy atom. The maximum Gasteiger partial charge on any atom is 0.228 e. The zero-order chi connectivity index (χ0) is 19.6. The lowest BCUT2D eigenvalue weighted by Gasteiger charge is -2.28. The summed E-state index contributed by atoms with van der Waals surface area (Å²) in [6.07, 6.45) is 0.0901. The van der Waals surface area contributed by atoms with E-state index in [0.29, 0.717) is 0 Å². The van der Waals surface area contributed by atoms with E-state index >= 15 is 0 Å². The number of ether oxygens (including phenoxy) is 1. The van der Waals surface area contributed by atoms with E-state index in [4.69, 9.17) is 4.74 Å². The van der Waals surface area contributed by atoms with Crippen LogP contribution in [0.3, 0.4) is 0 Å². The topological polar surface area (TPSA) is 49.9 Å². The molecule has 0 spiro atoms. The minimum atomic E-state index is -0.484. The molecule has 2 aromatic rings. The molecular formula is C21H23FN2O3. The van der Waals surface area contributed by atoms with Gasteiger partial charge in [0, 0.05) is 20.0 Å². The molecule has 6 heteroatoms. The number of anilines is 1. The number of para-hydroxylation sites is 1. The summed E-state index contributed by atoms with van der Waals surface area (Å²) in [7, 11) is 3.33. The van der Waals surface area contributed by atoms with Crippen LogP contribution >= 0.6 is 0 Å². The van der Waals surface area contributed by atoms with Gasteiger partial charge in [0.2, 0.25) is 11.8 Å². The fourth-order valence-electron chi connectivity index (χ4n) is 3.36. The van der Waals surface area contributed by atoms with Gasteiger partial charge in [-0.25, -0.2) is 4.39 Å². The van der Waals surface area contributed by atoms with Crippen molar-refractivity contribution in [2.75, 3.05) is 25.6 Å². The average Bonchev–Trinajstić information content (AvgIpc) is 3.08. The Hall–Kier alpha value is -2.89. The second-order valence-corrected chi connectivity index (χ2v) is 6.76. The lowest BCUT2D eigenvalue weighted by molar-refractivity contribution is -0.136. The number of halogens is 1. The van der Waals surface area contributed by atoms with Gasteiger partial charge in [-0.15, -0.1) is 0 Å².